The molecule has 0 aliphatic carbocycles. The number of aliphatic hydroxyl groups is 4. The summed E-state index contributed by atoms with van der Waals surface area (Å²) in [5.74, 6) is -5.26. The van der Waals surface area contributed by atoms with E-state index in [-0.39, 0.29) is 24.0 Å². The molecule has 1 rings (SSSR count). The van der Waals surface area contributed by atoms with Gasteiger partial charge >= 0.3 is 23.9 Å². The molecule has 0 radical (unpaired) electrons. The van der Waals surface area contributed by atoms with E-state index in [4.69, 9.17) is 9.47 Å². The zero-order valence-electron chi connectivity index (χ0n) is 21.2. The number of rotatable bonds is 15. The number of ether oxygens (including phenoxy) is 2. The molecule has 10 nitrogen and oxygen atoms in total. The van der Waals surface area contributed by atoms with Crippen LogP contribution < -0.4 is 0 Å². The molecule has 1 aromatic carbocycles. The summed E-state index contributed by atoms with van der Waals surface area (Å²) in [5.41, 5.74) is -4.95. The van der Waals surface area contributed by atoms with Crippen LogP contribution in [0.3, 0.4) is 0 Å². The Balaban J connectivity index is 3.33. The second kappa shape index (κ2) is 14.8. The molecule has 1 aromatic rings. The third kappa shape index (κ3) is 8.19. The Hall–Kier alpha value is -2.66. The molecule has 0 bridgehead atoms. The molecule has 0 spiro atoms. The fourth-order valence-corrected chi connectivity index (χ4v) is 3.48. The van der Waals surface area contributed by atoms with Crippen molar-refractivity contribution in [2.75, 3.05) is 13.2 Å². The van der Waals surface area contributed by atoms with Crippen molar-refractivity contribution < 1.29 is 49.1 Å². The van der Waals surface area contributed by atoms with Crippen molar-refractivity contribution in [1.29, 1.82) is 0 Å². The van der Waals surface area contributed by atoms with Gasteiger partial charge in [0, 0.05) is 0 Å². The Morgan fingerprint density at radius 2 is 1.22 bits per heavy atom. The van der Waals surface area contributed by atoms with Crippen LogP contribution >= 0.6 is 0 Å². The van der Waals surface area contributed by atoms with Crippen molar-refractivity contribution in [3.8, 4) is 0 Å². The average molecular weight is 511 g/mol. The largest absolute Gasteiger partial charge is 0.393 e. The molecule has 0 aliphatic rings. The van der Waals surface area contributed by atoms with Crippen LogP contribution in [0.4, 0.5) is 0 Å². The topological polar surface area (TPSA) is 168 Å². The van der Waals surface area contributed by atoms with Gasteiger partial charge in [-0.05, 0) is 37.3 Å². The van der Waals surface area contributed by atoms with Gasteiger partial charge < -0.3 is 29.9 Å². The maximum Gasteiger partial charge on any atom is 0.348 e. The van der Waals surface area contributed by atoms with Gasteiger partial charge in [0.2, 0.25) is 0 Å². The first-order chi connectivity index (χ1) is 17.0. The third-order valence-corrected chi connectivity index (χ3v) is 5.92. The number of hydrogen-bond donors (Lipinski definition) is 4. The van der Waals surface area contributed by atoms with Crippen LogP contribution in [0.5, 0.6) is 0 Å². The molecule has 0 aliphatic heterocycles. The van der Waals surface area contributed by atoms with Crippen LogP contribution in [0, 0.1) is 0 Å². The van der Waals surface area contributed by atoms with Gasteiger partial charge in [0.15, 0.2) is 11.2 Å². The maximum absolute atomic E-state index is 13.1. The first-order valence-electron chi connectivity index (χ1n) is 12.3. The van der Waals surface area contributed by atoms with Crippen LogP contribution in [-0.4, -0.2) is 68.7 Å². The molecule has 36 heavy (non-hydrogen) atoms. The zero-order valence-corrected chi connectivity index (χ0v) is 21.2. The lowest BCUT2D eigenvalue weighted by Gasteiger charge is -2.24. The lowest BCUT2D eigenvalue weighted by atomic mass is 9.95. The molecule has 10 heteroatoms. The molecule has 0 amide bonds. The second-order valence-electron chi connectivity index (χ2n) is 8.88. The summed E-state index contributed by atoms with van der Waals surface area (Å²) in [5, 5.41) is 39.9. The quantitative estimate of drug-likeness (QED) is 0.203. The minimum absolute atomic E-state index is 0.134. The Kier molecular flexibility index (Phi) is 12.9. The first-order valence-corrected chi connectivity index (χ1v) is 12.3. The number of unbranched alkanes of at least 4 members (excludes halogenated alkanes) is 3. The predicted molar refractivity (Wildman–Crippen MR) is 129 cm³/mol. The number of esters is 4. The van der Waals surface area contributed by atoms with E-state index in [1.165, 1.54) is 12.1 Å². The summed E-state index contributed by atoms with van der Waals surface area (Å²) in [6, 6.07) is 4.22. The van der Waals surface area contributed by atoms with Gasteiger partial charge in [0.25, 0.3) is 0 Å². The van der Waals surface area contributed by atoms with Crippen molar-refractivity contribution in [3.05, 3.63) is 34.9 Å². The van der Waals surface area contributed by atoms with Gasteiger partial charge in [-0.25, -0.2) is 19.2 Å². The van der Waals surface area contributed by atoms with Crippen molar-refractivity contribution in [2.45, 2.75) is 89.8 Å². The van der Waals surface area contributed by atoms with Crippen molar-refractivity contribution in [1.82, 2.24) is 0 Å². The van der Waals surface area contributed by atoms with Gasteiger partial charge in [-0.1, -0.05) is 65.0 Å². The summed E-state index contributed by atoms with van der Waals surface area (Å²) in [6.45, 7) is 3.63. The standard InChI is InChI=1S/C26H38O10/c1-4-7-11-18-12-10-13-19(21(29)35-23(31)25(33,16-27)14-8-5-2)20(18)22(30)36-24(32)26(34,17-28)15-9-6-3/h10,12-13,27-28,33-34H,4-9,11,14-17H2,1-3H3. The molecule has 4 N–H and O–H groups in total. The molecule has 0 fully saturated rings. The molecular formula is C26H38O10. The SMILES string of the molecule is CCCCc1cccc(C(=O)OC(=O)C(O)(CO)CCCC)c1C(=O)OC(=O)C(O)(CO)CCCC. The number of carbonyl (C=O) groups is 4. The van der Waals surface area contributed by atoms with E-state index in [0.29, 0.717) is 44.1 Å². The highest BCUT2D eigenvalue weighted by atomic mass is 16.6. The third-order valence-electron chi connectivity index (χ3n) is 5.92. The minimum atomic E-state index is -2.29. The number of benzene rings is 1. The Labute approximate surface area is 211 Å². The van der Waals surface area contributed by atoms with Gasteiger partial charge in [-0.3, -0.25) is 0 Å². The number of aliphatic hydroxyl groups excluding tert-OH is 2. The van der Waals surface area contributed by atoms with Crippen molar-refractivity contribution in [2.24, 2.45) is 0 Å². The minimum Gasteiger partial charge on any atom is -0.393 e. The Bertz CT molecular complexity index is 912. The van der Waals surface area contributed by atoms with E-state index < -0.39 is 48.3 Å². The number of aryl methyl sites for hydroxylation is 1. The fourth-order valence-electron chi connectivity index (χ4n) is 3.48. The number of hydrogen-bond acceptors (Lipinski definition) is 10. The zero-order chi connectivity index (χ0) is 27.4. The smallest absolute Gasteiger partial charge is 0.348 e. The molecule has 2 atom stereocenters. The summed E-state index contributed by atoms with van der Waals surface area (Å²) >= 11 is 0. The molecule has 202 valence electrons. The Morgan fingerprint density at radius 3 is 1.67 bits per heavy atom. The van der Waals surface area contributed by atoms with E-state index in [9.17, 15) is 39.6 Å². The highest BCUT2D eigenvalue weighted by molar-refractivity contribution is 6.09. The highest BCUT2D eigenvalue weighted by Crippen LogP contribution is 2.24. The van der Waals surface area contributed by atoms with Gasteiger partial charge in [0.05, 0.1) is 24.3 Å². The maximum atomic E-state index is 13.1. The van der Waals surface area contributed by atoms with E-state index in [1.807, 2.05) is 20.8 Å². The summed E-state index contributed by atoms with van der Waals surface area (Å²) in [6.07, 6.45) is 3.46. The normalized spacial score (nSPS) is 14.4. The lowest BCUT2D eigenvalue weighted by Crippen LogP contribution is -2.45. The van der Waals surface area contributed by atoms with Gasteiger partial charge in [-0.2, -0.15) is 0 Å². The number of carbonyl (C=O) groups excluding carboxylic acids is 4. The predicted octanol–water partition coefficient (Wildman–Crippen LogP) is 2.22. The first kappa shape index (κ1) is 31.4. The molecular weight excluding hydrogens is 472 g/mol. The van der Waals surface area contributed by atoms with Crippen LogP contribution in [0.2, 0.25) is 0 Å². The summed E-state index contributed by atoms with van der Waals surface area (Å²) in [7, 11) is 0. The van der Waals surface area contributed by atoms with E-state index >= 15 is 0 Å². The molecule has 0 aromatic heterocycles. The Morgan fingerprint density at radius 1 is 0.750 bits per heavy atom. The van der Waals surface area contributed by atoms with Crippen LogP contribution in [0.1, 0.15) is 98.4 Å². The van der Waals surface area contributed by atoms with Gasteiger partial charge in [-0.15, -0.1) is 0 Å². The molecule has 0 saturated carbocycles. The van der Waals surface area contributed by atoms with E-state index in [1.54, 1.807) is 6.07 Å². The second-order valence-corrected chi connectivity index (χ2v) is 8.88. The van der Waals surface area contributed by atoms with Crippen LogP contribution in [-0.2, 0) is 25.5 Å². The van der Waals surface area contributed by atoms with Crippen molar-refractivity contribution >= 4 is 23.9 Å². The highest BCUT2D eigenvalue weighted by Gasteiger charge is 2.40. The average Bonchev–Trinajstić information content (AvgIpc) is 2.88. The lowest BCUT2D eigenvalue weighted by molar-refractivity contribution is -0.165. The van der Waals surface area contributed by atoms with Crippen LogP contribution in [0.15, 0.2) is 18.2 Å². The summed E-state index contributed by atoms with van der Waals surface area (Å²) < 4.78 is 9.69. The fraction of sp³-hybridized carbons (Fsp3) is 0.615. The molecule has 0 saturated heterocycles. The van der Waals surface area contributed by atoms with E-state index in [2.05, 4.69) is 0 Å². The van der Waals surface area contributed by atoms with Crippen molar-refractivity contribution in [3.63, 3.8) is 0 Å². The summed E-state index contributed by atoms with van der Waals surface area (Å²) in [4.78, 5) is 51.0. The van der Waals surface area contributed by atoms with E-state index in [0.717, 1.165) is 6.42 Å². The van der Waals surface area contributed by atoms with Gasteiger partial charge in [0.1, 0.15) is 0 Å². The monoisotopic (exact) mass is 510 g/mol. The molecule has 0 heterocycles. The van der Waals surface area contributed by atoms with Crippen LogP contribution in [0.25, 0.3) is 0 Å². The molecule has 2 unspecified atom stereocenters.